The molecular weight excluding hydrogens is 264 g/mol. The molecule has 1 aromatic carbocycles. The SMILES string of the molecule is COc1ccc(C(C)O)cc1CN(C)C1CCCN(C)C1. The molecule has 0 spiro atoms. The number of benzene rings is 1. The molecule has 1 aliphatic heterocycles. The predicted octanol–water partition coefficient (Wildman–Crippen LogP) is 2.27. The van der Waals surface area contributed by atoms with Gasteiger partial charge in [0.25, 0.3) is 0 Å². The Morgan fingerprint density at radius 2 is 2.24 bits per heavy atom. The van der Waals surface area contributed by atoms with E-state index in [1.54, 1.807) is 14.0 Å². The van der Waals surface area contributed by atoms with Crippen molar-refractivity contribution in [2.45, 2.75) is 38.5 Å². The van der Waals surface area contributed by atoms with E-state index in [1.165, 1.54) is 19.4 Å². The fourth-order valence-electron chi connectivity index (χ4n) is 3.08. The summed E-state index contributed by atoms with van der Waals surface area (Å²) in [5.74, 6) is 0.899. The highest BCUT2D eigenvalue weighted by molar-refractivity contribution is 5.38. The van der Waals surface area contributed by atoms with Gasteiger partial charge in [-0.15, -0.1) is 0 Å². The largest absolute Gasteiger partial charge is 0.496 e. The Kier molecular flexibility index (Phi) is 5.62. The monoisotopic (exact) mass is 292 g/mol. The number of hydrogen-bond acceptors (Lipinski definition) is 4. The van der Waals surface area contributed by atoms with Crippen LogP contribution in [0.2, 0.25) is 0 Å². The molecule has 1 fully saturated rings. The maximum atomic E-state index is 9.77. The number of likely N-dealkylation sites (N-methyl/N-ethyl adjacent to an activating group) is 2. The lowest BCUT2D eigenvalue weighted by atomic mass is 10.0. The first-order chi connectivity index (χ1) is 10.0. The summed E-state index contributed by atoms with van der Waals surface area (Å²) < 4.78 is 5.47. The molecule has 1 saturated heterocycles. The topological polar surface area (TPSA) is 35.9 Å². The lowest BCUT2D eigenvalue weighted by Crippen LogP contribution is -2.44. The first kappa shape index (κ1) is 16.3. The van der Waals surface area contributed by atoms with E-state index in [0.29, 0.717) is 6.04 Å². The second-order valence-corrected chi connectivity index (χ2v) is 6.22. The minimum Gasteiger partial charge on any atom is -0.496 e. The van der Waals surface area contributed by atoms with Gasteiger partial charge in [0.2, 0.25) is 0 Å². The van der Waals surface area contributed by atoms with Gasteiger partial charge in [0.05, 0.1) is 13.2 Å². The van der Waals surface area contributed by atoms with E-state index in [-0.39, 0.29) is 0 Å². The van der Waals surface area contributed by atoms with Gasteiger partial charge in [0.1, 0.15) is 5.75 Å². The molecule has 2 rings (SSSR count). The molecule has 118 valence electrons. The van der Waals surface area contributed by atoms with Crippen LogP contribution in [-0.4, -0.2) is 55.2 Å². The number of aliphatic hydroxyl groups excluding tert-OH is 1. The molecule has 1 aromatic rings. The van der Waals surface area contributed by atoms with Gasteiger partial charge in [-0.05, 0) is 58.1 Å². The third-order valence-electron chi connectivity index (χ3n) is 4.43. The summed E-state index contributed by atoms with van der Waals surface area (Å²) in [5, 5.41) is 9.77. The number of ether oxygens (including phenoxy) is 1. The maximum absolute atomic E-state index is 9.77. The normalized spacial score (nSPS) is 21.5. The Morgan fingerprint density at radius 3 is 2.86 bits per heavy atom. The van der Waals surface area contributed by atoms with E-state index in [0.717, 1.165) is 30.0 Å². The van der Waals surface area contributed by atoms with Crippen LogP contribution < -0.4 is 4.74 Å². The second kappa shape index (κ2) is 7.25. The zero-order chi connectivity index (χ0) is 15.4. The van der Waals surface area contributed by atoms with Gasteiger partial charge < -0.3 is 14.7 Å². The predicted molar refractivity (Wildman–Crippen MR) is 85.6 cm³/mol. The van der Waals surface area contributed by atoms with Crippen molar-refractivity contribution in [1.82, 2.24) is 9.80 Å². The third kappa shape index (κ3) is 4.19. The lowest BCUT2D eigenvalue weighted by Gasteiger charge is -2.36. The summed E-state index contributed by atoms with van der Waals surface area (Å²) in [6.45, 7) is 4.97. The summed E-state index contributed by atoms with van der Waals surface area (Å²) in [6, 6.07) is 6.54. The summed E-state index contributed by atoms with van der Waals surface area (Å²) in [7, 11) is 6.07. The summed E-state index contributed by atoms with van der Waals surface area (Å²) in [5.41, 5.74) is 2.09. The smallest absolute Gasteiger partial charge is 0.123 e. The standard InChI is InChI=1S/C17H28N2O2/c1-13(20)14-7-8-17(21-4)15(10-14)11-19(3)16-6-5-9-18(2)12-16/h7-8,10,13,16,20H,5-6,9,11-12H2,1-4H3. The van der Waals surface area contributed by atoms with Gasteiger partial charge in [-0.25, -0.2) is 0 Å². The summed E-state index contributed by atoms with van der Waals surface area (Å²) in [4.78, 5) is 4.80. The lowest BCUT2D eigenvalue weighted by molar-refractivity contribution is 0.128. The molecule has 0 saturated carbocycles. The molecule has 21 heavy (non-hydrogen) atoms. The summed E-state index contributed by atoms with van der Waals surface area (Å²) >= 11 is 0. The van der Waals surface area contributed by atoms with E-state index in [2.05, 4.69) is 30.0 Å². The maximum Gasteiger partial charge on any atom is 0.123 e. The van der Waals surface area contributed by atoms with Crippen LogP contribution in [-0.2, 0) is 6.54 Å². The molecule has 0 bridgehead atoms. The Hall–Kier alpha value is -1.10. The van der Waals surface area contributed by atoms with E-state index in [1.807, 2.05) is 12.1 Å². The van der Waals surface area contributed by atoms with Gasteiger partial charge >= 0.3 is 0 Å². The molecule has 2 atom stereocenters. The zero-order valence-electron chi connectivity index (χ0n) is 13.7. The first-order valence-corrected chi connectivity index (χ1v) is 7.75. The fraction of sp³-hybridized carbons (Fsp3) is 0.647. The quantitative estimate of drug-likeness (QED) is 0.903. The number of hydrogen-bond donors (Lipinski definition) is 1. The van der Waals surface area contributed by atoms with Crippen LogP contribution >= 0.6 is 0 Å². The number of nitrogens with zero attached hydrogens (tertiary/aromatic N) is 2. The van der Waals surface area contributed by atoms with Crippen molar-refractivity contribution in [1.29, 1.82) is 0 Å². The van der Waals surface area contributed by atoms with E-state index in [4.69, 9.17) is 4.74 Å². The first-order valence-electron chi connectivity index (χ1n) is 7.75. The van der Waals surface area contributed by atoms with Crippen molar-refractivity contribution >= 4 is 0 Å². The van der Waals surface area contributed by atoms with E-state index >= 15 is 0 Å². The van der Waals surface area contributed by atoms with Crippen molar-refractivity contribution in [3.05, 3.63) is 29.3 Å². The zero-order valence-corrected chi connectivity index (χ0v) is 13.7. The molecule has 1 N–H and O–H groups in total. The van der Waals surface area contributed by atoms with Gasteiger partial charge in [-0.1, -0.05) is 6.07 Å². The molecule has 0 amide bonds. The van der Waals surface area contributed by atoms with Gasteiger partial charge in [-0.3, -0.25) is 4.90 Å². The van der Waals surface area contributed by atoms with Crippen LogP contribution in [0, 0.1) is 0 Å². The van der Waals surface area contributed by atoms with Crippen molar-refractivity contribution in [2.75, 3.05) is 34.3 Å². The molecular formula is C17H28N2O2. The van der Waals surface area contributed by atoms with E-state index in [9.17, 15) is 5.11 Å². The third-order valence-corrected chi connectivity index (χ3v) is 4.43. The Balaban J connectivity index is 2.11. The molecule has 2 unspecified atom stereocenters. The Morgan fingerprint density at radius 1 is 1.48 bits per heavy atom. The van der Waals surface area contributed by atoms with Crippen LogP contribution in [0.4, 0.5) is 0 Å². The number of methoxy groups -OCH3 is 1. The summed E-state index contributed by atoms with van der Waals surface area (Å²) in [6.07, 6.45) is 2.07. The highest BCUT2D eigenvalue weighted by atomic mass is 16.5. The molecule has 0 aliphatic carbocycles. The van der Waals surface area contributed by atoms with Crippen LogP contribution in [0.3, 0.4) is 0 Å². The fourth-order valence-corrected chi connectivity index (χ4v) is 3.08. The number of rotatable bonds is 5. The minimum atomic E-state index is -0.444. The highest BCUT2D eigenvalue weighted by Crippen LogP contribution is 2.26. The second-order valence-electron chi connectivity index (χ2n) is 6.22. The number of aliphatic hydroxyl groups is 1. The molecule has 1 aliphatic rings. The minimum absolute atomic E-state index is 0.444. The van der Waals surface area contributed by atoms with Crippen LogP contribution in [0.15, 0.2) is 18.2 Å². The molecule has 0 radical (unpaired) electrons. The average molecular weight is 292 g/mol. The molecule has 4 heteroatoms. The average Bonchev–Trinajstić information content (AvgIpc) is 2.47. The number of likely N-dealkylation sites (tertiary alicyclic amines) is 1. The Bertz CT molecular complexity index is 462. The highest BCUT2D eigenvalue weighted by Gasteiger charge is 2.22. The van der Waals surface area contributed by atoms with Crippen LogP contribution in [0.1, 0.15) is 37.0 Å². The van der Waals surface area contributed by atoms with Crippen LogP contribution in [0.25, 0.3) is 0 Å². The number of piperidine rings is 1. The van der Waals surface area contributed by atoms with E-state index < -0.39 is 6.10 Å². The molecule has 4 nitrogen and oxygen atoms in total. The van der Waals surface area contributed by atoms with Gasteiger partial charge in [-0.2, -0.15) is 0 Å². The van der Waals surface area contributed by atoms with Crippen molar-refractivity contribution in [3.63, 3.8) is 0 Å². The van der Waals surface area contributed by atoms with Gasteiger partial charge in [0.15, 0.2) is 0 Å². The van der Waals surface area contributed by atoms with Crippen LogP contribution in [0.5, 0.6) is 5.75 Å². The van der Waals surface area contributed by atoms with Gasteiger partial charge in [0, 0.05) is 24.7 Å². The molecule has 0 aromatic heterocycles. The molecule has 1 heterocycles. The van der Waals surface area contributed by atoms with Crippen molar-refractivity contribution in [3.8, 4) is 5.75 Å². The Labute approximate surface area is 128 Å². The van der Waals surface area contributed by atoms with Crippen molar-refractivity contribution < 1.29 is 9.84 Å². The van der Waals surface area contributed by atoms with Crippen molar-refractivity contribution in [2.24, 2.45) is 0 Å².